The summed E-state index contributed by atoms with van der Waals surface area (Å²) in [6.45, 7) is 5.09. The second kappa shape index (κ2) is 4.26. The number of alkyl halides is 1. The van der Waals surface area contributed by atoms with Crippen molar-refractivity contribution >= 4 is 21.8 Å². The first-order valence-corrected chi connectivity index (χ1v) is 5.68. The Kier molecular flexibility index (Phi) is 3.56. The summed E-state index contributed by atoms with van der Waals surface area (Å²) in [4.78, 5) is 13.4. The van der Waals surface area contributed by atoms with Gasteiger partial charge in [0.05, 0.1) is 0 Å². The molecule has 2 atom stereocenters. The highest BCUT2D eigenvalue weighted by molar-refractivity contribution is 9.09. The lowest BCUT2D eigenvalue weighted by Gasteiger charge is -2.24. The van der Waals surface area contributed by atoms with Gasteiger partial charge in [-0.25, -0.2) is 0 Å². The van der Waals surface area contributed by atoms with E-state index in [2.05, 4.69) is 22.9 Å². The van der Waals surface area contributed by atoms with Crippen LogP contribution in [0.4, 0.5) is 0 Å². The average molecular weight is 234 g/mol. The van der Waals surface area contributed by atoms with Gasteiger partial charge in [0.2, 0.25) is 5.91 Å². The predicted molar refractivity (Wildman–Crippen MR) is 53.4 cm³/mol. The van der Waals surface area contributed by atoms with Crippen molar-refractivity contribution in [1.82, 2.24) is 4.90 Å². The Labute approximate surface area is 82.4 Å². The van der Waals surface area contributed by atoms with Gasteiger partial charge in [0, 0.05) is 24.3 Å². The Morgan fingerprint density at radius 3 is 2.83 bits per heavy atom. The third-order valence-electron chi connectivity index (χ3n) is 2.66. The van der Waals surface area contributed by atoms with E-state index in [9.17, 15) is 4.79 Å². The molecule has 12 heavy (non-hydrogen) atoms. The van der Waals surface area contributed by atoms with Gasteiger partial charge in [0.25, 0.3) is 0 Å². The van der Waals surface area contributed by atoms with E-state index in [0.717, 1.165) is 18.3 Å². The molecule has 1 heterocycles. The molecular weight excluding hydrogens is 218 g/mol. The van der Waals surface area contributed by atoms with E-state index in [-0.39, 0.29) is 0 Å². The zero-order chi connectivity index (χ0) is 9.14. The quantitative estimate of drug-likeness (QED) is 0.669. The number of carbonyl (C=O) groups is 1. The molecule has 70 valence electrons. The minimum atomic E-state index is 0.295. The summed E-state index contributed by atoms with van der Waals surface area (Å²) in [5.41, 5.74) is 0. The van der Waals surface area contributed by atoms with Crippen molar-refractivity contribution in [1.29, 1.82) is 0 Å². The summed E-state index contributed by atoms with van der Waals surface area (Å²) in [5, 5.41) is 0.917. The summed E-state index contributed by atoms with van der Waals surface area (Å²) in [5.74, 6) is 0.948. The molecule has 2 nitrogen and oxygen atoms in total. The number of hydrogen-bond donors (Lipinski definition) is 0. The minimum Gasteiger partial charge on any atom is -0.339 e. The monoisotopic (exact) mass is 233 g/mol. The molecule has 0 aromatic carbocycles. The Bertz CT molecular complexity index is 172. The van der Waals surface area contributed by atoms with Crippen LogP contribution in [-0.4, -0.2) is 28.7 Å². The maximum atomic E-state index is 11.4. The summed E-state index contributed by atoms with van der Waals surface area (Å²) in [6, 6.07) is 0.428. The third kappa shape index (κ3) is 1.82. The number of rotatable bonds is 2. The first-order chi connectivity index (χ1) is 5.70. The lowest BCUT2D eigenvalue weighted by Crippen LogP contribution is -2.38. The van der Waals surface area contributed by atoms with Crippen molar-refractivity contribution in [2.24, 2.45) is 5.92 Å². The standard InChI is InChI=1S/C9H16BrNO/c1-3-9(12)11-5-4-7(2)8(11)6-10/h7-8H,3-6H2,1-2H3. The molecule has 0 aromatic rings. The van der Waals surface area contributed by atoms with E-state index in [1.807, 2.05) is 11.8 Å². The fourth-order valence-corrected chi connectivity index (χ4v) is 2.74. The van der Waals surface area contributed by atoms with Gasteiger partial charge in [0.1, 0.15) is 0 Å². The van der Waals surface area contributed by atoms with Crippen molar-refractivity contribution < 1.29 is 4.79 Å². The number of hydrogen-bond acceptors (Lipinski definition) is 1. The van der Waals surface area contributed by atoms with Crippen LogP contribution in [0.1, 0.15) is 26.7 Å². The molecule has 2 unspecified atom stereocenters. The Morgan fingerprint density at radius 2 is 2.33 bits per heavy atom. The molecule has 0 radical (unpaired) electrons. The van der Waals surface area contributed by atoms with E-state index in [1.54, 1.807) is 0 Å². The highest BCUT2D eigenvalue weighted by Gasteiger charge is 2.32. The fourth-order valence-electron chi connectivity index (χ4n) is 1.76. The molecule has 0 N–H and O–H groups in total. The van der Waals surface area contributed by atoms with Crippen LogP contribution in [0.2, 0.25) is 0 Å². The van der Waals surface area contributed by atoms with Gasteiger partial charge < -0.3 is 4.90 Å². The first kappa shape index (κ1) is 10.0. The number of amides is 1. The van der Waals surface area contributed by atoms with Gasteiger partial charge in [-0.1, -0.05) is 29.8 Å². The number of nitrogens with zero attached hydrogens (tertiary/aromatic N) is 1. The van der Waals surface area contributed by atoms with Gasteiger partial charge in [-0.15, -0.1) is 0 Å². The van der Waals surface area contributed by atoms with Crippen LogP contribution >= 0.6 is 15.9 Å². The number of likely N-dealkylation sites (tertiary alicyclic amines) is 1. The van der Waals surface area contributed by atoms with Crippen molar-refractivity contribution in [3.8, 4) is 0 Å². The molecule has 0 saturated carbocycles. The summed E-state index contributed by atoms with van der Waals surface area (Å²) >= 11 is 3.46. The molecule has 1 fully saturated rings. The zero-order valence-electron chi connectivity index (χ0n) is 7.72. The minimum absolute atomic E-state index is 0.295. The highest BCUT2D eigenvalue weighted by Crippen LogP contribution is 2.25. The van der Waals surface area contributed by atoms with E-state index < -0.39 is 0 Å². The Morgan fingerprint density at radius 1 is 1.67 bits per heavy atom. The van der Waals surface area contributed by atoms with Crippen LogP contribution in [0.25, 0.3) is 0 Å². The average Bonchev–Trinajstić information content (AvgIpc) is 2.45. The van der Waals surface area contributed by atoms with Crippen LogP contribution in [0.15, 0.2) is 0 Å². The lowest BCUT2D eigenvalue weighted by molar-refractivity contribution is -0.131. The van der Waals surface area contributed by atoms with Crippen LogP contribution in [0.3, 0.4) is 0 Å². The van der Waals surface area contributed by atoms with Crippen LogP contribution in [0, 0.1) is 5.92 Å². The molecule has 3 heteroatoms. The van der Waals surface area contributed by atoms with Crippen molar-refractivity contribution in [2.75, 3.05) is 11.9 Å². The molecule has 1 amide bonds. The highest BCUT2D eigenvalue weighted by atomic mass is 79.9. The molecule has 1 aliphatic rings. The predicted octanol–water partition coefficient (Wildman–Crippen LogP) is 2.03. The van der Waals surface area contributed by atoms with E-state index in [1.165, 1.54) is 0 Å². The third-order valence-corrected chi connectivity index (χ3v) is 3.33. The molecule has 0 aliphatic carbocycles. The normalized spacial score (nSPS) is 29.4. The molecule has 0 aromatic heterocycles. The molecule has 1 saturated heterocycles. The topological polar surface area (TPSA) is 20.3 Å². The van der Waals surface area contributed by atoms with Gasteiger partial charge in [0.15, 0.2) is 0 Å². The maximum absolute atomic E-state index is 11.4. The van der Waals surface area contributed by atoms with Crippen LogP contribution < -0.4 is 0 Å². The van der Waals surface area contributed by atoms with Gasteiger partial charge in [-0.05, 0) is 12.3 Å². The summed E-state index contributed by atoms with van der Waals surface area (Å²) < 4.78 is 0. The SMILES string of the molecule is CCC(=O)N1CCC(C)C1CBr. The summed E-state index contributed by atoms with van der Waals surface area (Å²) in [7, 11) is 0. The Hall–Kier alpha value is -0.0500. The van der Waals surface area contributed by atoms with Gasteiger partial charge in [-0.2, -0.15) is 0 Å². The van der Waals surface area contributed by atoms with Crippen molar-refractivity contribution in [3.63, 3.8) is 0 Å². The second-order valence-corrected chi connectivity index (χ2v) is 4.08. The zero-order valence-corrected chi connectivity index (χ0v) is 9.30. The van der Waals surface area contributed by atoms with Crippen molar-refractivity contribution in [3.05, 3.63) is 0 Å². The van der Waals surface area contributed by atoms with E-state index in [0.29, 0.717) is 24.3 Å². The van der Waals surface area contributed by atoms with Gasteiger partial charge >= 0.3 is 0 Å². The first-order valence-electron chi connectivity index (χ1n) is 4.56. The Balaban J connectivity index is 2.60. The number of halogens is 1. The van der Waals surface area contributed by atoms with E-state index >= 15 is 0 Å². The smallest absolute Gasteiger partial charge is 0.222 e. The van der Waals surface area contributed by atoms with Crippen molar-refractivity contribution in [2.45, 2.75) is 32.7 Å². The second-order valence-electron chi connectivity index (χ2n) is 3.43. The summed E-state index contributed by atoms with van der Waals surface area (Å²) in [6.07, 6.45) is 1.79. The molecule has 0 spiro atoms. The van der Waals surface area contributed by atoms with Gasteiger partial charge in [-0.3, -0.25) is 4.79 Å². The largest absolute Gasteiger partial charge is 0.339 e. The molecule has 0 bridgehead atoms. The van der Waals surface area contributed by atoms with Crippen LogP contribution in [-0.2, 0) is 4.79 Å². The number of carbonyl (C=O) groups excluding carboxylic acids is 1. The molecule has 1 rings (SSSR count). The van der Waals surface area contributed by atoms with Crippen LogP contribution in [0.5, 0.6) is 0 Å². The molecular formula is C9H16BrNO. The fraction of sp³-hybridized carbons (Fsp3) is 0.889. The lowest BCUT2D eigenvalue weighted by atomic mass is 10.1. The maximum Gasteiger partial charge on any atom is 0.222 e. The van der Waals surface area contributed by atoms with E-state index in [4.69, 9.17) is 0 Å². The molecule has 1 aliphatic heterocycles.